The predicted molar refractivity (Wildman–Crippen MR) is 101 cm³/mol. The molecule has 0 N–H and O–H groups in total. The van der Waals surface area contributed by atoms with E-state index in [1.807, 2.05) is 48.5 Å². The first-order valence-corrected chi connectivity index (χ1v) is 9.45. The molecule has 2 aliphatic rings. The second kappa shape index (κ2) is 7.08. The maximum absolute atomic E-state index is 12.8. The maximum atomic E-state index is 12.8. The van der Waals surface area contributed by atoms with E-state index < -0.39 is 5.60 Å². The Kier molecular flexibility index (Phi) is 4.64. The molecule has 3 heteroatoms. The van der Waals surface area contributed by atoms with Gasteiger partial charge in [0.25, 0.3) is 0 Å². The lowest BCUT2D eigenvalue weighted by Gasteiger charge is -2.43. The van der Waals surface area contributed by atoms with E-state index in [1.165, 1.54) is 0 Å². The highest BCUT2D eigenvalue weighted by molar-refractivity contribution is 6.19. The normalized spacial score (nSPS) is 25.1. The highest BCUT2D eigenvalue weighted by Crippen LogP contribution is 2.49. The molecule has 2 aromatic rings. The number of hydrogen-bond acceptors (Lipinski definition) is 3. The summed E-state index contributed by atoms with van der Waals surface area (Å²) < 4.78 is 12.4. The fourth-order valence-electron chi connectivity index (χ4n) is 4.20. The summed E-state index contributed by atoms with van der Waals surface area (Å²) in [6.07, 6.45) is 3.34. The SMILES string of the molecule is CCCC[C@@]1(c2ccccc2)OCCC2=C(c3ccccc3)C(=O)O[C@H]21. The van der Waals surface area contributed by atoms with Gasteiger partial charge in [0.05, 0.1) is 12.2 Å². The van der Waals surface area contributed by atoms with Crippen LogP contribution in [0.1, 0.15) is 43.7 Å². The monoisotopic (exact) mass is 348 g/mol. The van der Waals surface area contributed by atoms with Gasteiger partial charge >= 0.3 is 5.97 Å². The molecule has 0 bridgehead atoms. The number of hydrogen-bond donors (Lipinski definition) is 0. The Bertz CT molecular complexity index is 810. The molecule has 1 fully saturated rings. The summed E-state index contributed by atoms with van der Waals surface area (Å²) in [4.78, 5) is 12.8. The minimum absolute atomic E-state index is 0.224. The second-order valence-corrected chi connectivity index (χ2v) is 7.01. The number of carbonyl (C=O) groups excluding carboxylic acids is 1. The average Bonchev–Trinajstić information content (AvgIpc) is 3.04. The summed E-state index contributed by atoms with van der Waals surface area (Å²) in [6.45, 7) is 2.78. The number of rotatable bonds is 5. The first-order valence-electron chi connectivity index (χ1n) is 9.45. The van der Waals surface area contributed by atoms with Crippen LogP contribution in [0.5, 0.6) is 0 Å². The van der Waals surface area contributed by atoms with E-state index in [0.717, 1.165) is 48.0 Å². The van der Waals surface area contributed by atoms with E-state index >= 15 is 0 Å². The zero-order valence-electron chi connectivity index (χ0n) is 15.1. The molecular formula is C23H24O3. The second-order valence-electron chi connectivity index (χ2n) is 7.01. The van der Waals surface area contributed by atoms with Crippen molar-refractivity contribution in [3.8, 4) is 0 Å². The fourth-order valence-corrected chi connectivity index (χ4v) is 4.20. The predicted octanol–water partition coefficient (Wildman–Crippen LogP) is 4.87. The molecule has 0 unspecified atom stereocenters. The molecule has 0 saturated carbocycles. The lowest BCUT2D eigenvalue weighted by atomic mass is 9.77. The molecule has 0 aromatic heterocycles. The highest BCUT2D eigenvalue weighted by atomic mass is 16.6. The van der Waals surface area contributed by atoms with Crippen LogP contribution in [-0.4, -0.2) is 18.7 Å². The Balaban J connectivity index is 1.83. The zero-order valence-corrected chi connectivity index (χ0v) is 15.1. The van der Waals surface area contributed by atoms with Crippen LogP contribution in [0, 0.1) is 0 Å². The minimum atomic E-state index is -0.586. The molecule has 26 heavy (non-hydrogen) atoms. The third-order valence-electron chi connectivity index (χ3n) is 5.45. The molecule has 0 aliphatic carbocycles. The Morgan fingerprint density at radius 2 is 1.73 bits per heavy atom. The zero-order chi connectivity index (χ0) is 18.0. The van der Waals surface area contributed by atoms with Gasteiger partial charge in [-0.25, -0.2) is 4.79 Å². The minimum Gasteiger partial charge on any atom is -0.451 e. The third kappa shape index (κ3) is 2.77. The van der Waals surface area contributed by atoms with Crippen LogP contribution in [0.15, 0.2) is 66.2 Å². The van der Waals surface area contributed by atoms with Crippen LogP contribution in [0.2, 0.25) is 0 Å². The number of esters is 1. The Morgan fingerprint density at radius 1 is 1.04 bits per heavy atom. The molecule has 3 nitrogen and oxygen atoms in total. The summed E-state index contributed by atoms with van der Waals surface area (Å²) in [5.74, 6) is -0.224. The van der Waals surface area contributed by atoms with Crippen molar-refractivity contribution >= 4 is 11.5 Å². The molecule has 2 atom stereocenters. The molecule has 2 aliphatic heterocycles. The van der Waals surface area contributed by atoms with Gasteiger partial charge in [0, 0.05) is 0 Å². The fraction of sp³-hybridized carbons (Fsp3) is 0.348. The van der Waals surface area contributed by atoms with Crippen LogP contribution < -0.4 is 0 Å². The van der Waals surface area contributed by atoms with Crippen molar-refractivity contribution in [2.45, 2.75) is 44.3 Å². The standard InChI is InChI=1S/C23H24O3/c1-2-3-15-23(18-12-8-5-9-13-18)21-19(14-16-25-23)20(22(24)26-21)17-10-6-4-7-11-17/h4-13,21H,2-3,14-16H2,1H3/t21-,23+/m1/s1. The number of carbonyl (C=O) groups is 1. The van der Waals surface area contributed by atoms with Gasteiger partial charge in [-0.3, -0.25) is 0 Å². The number of unbranched alkanes of at least 4 members (excludes halogenated alkanes) is 1. The molecule has 0 radical (unpaired) electrons. The van der Waals surface area contributed by atoms with Crippen molar-refractivity contribution < 1.29 is 14.3 Å². The van der Waals surface area contributed by atoms with Gasteiger partial charge in [-0.1, -0.05) is 80.4 Å². The molecule has 4 rings (SSSR count). The van der Waals surface area contributed by atoms with E-state index in [-0.39, 0.29) is 12.1 Å². The average molecular weight is 348 g/mol. The van der Waals surface area contributed by atoms with Gasteiger partial charge in [0.15, 0.2) is 6.10 Å². The van der Waals surface area contributed by atoms with Crippen molar-refractivity contribution in [1.29, 1.82) is 0 Å². The number of ether oxygens (including phenoxy) is 2. The highest BCUT2D eigenvalue weighted by Gasteiger charge is 2.52. The topological polar surface area (TPSA) is 35.5 Å². The summed E-state index contributed by atoms with van der Waals surface area (Å²) in [6, 6.07) is 20.1. The molecule has 1 saturated heterocycles. The van der Waals surface area contributed by atoms with Gasteiger partial charge < -0.3 is 9.47 Å². The molecule has 2 heterocycles. The van der Waals surface area contributed by atoms with Gasteiger partial charge in [-0.2, -0.15) is 0 Å². The van der Waals surface area contributed by atoms with E-state index in [4.69, 9.17) is 9.47 Å². The number of benzene rings is 2. The summed E-state index contributed by atoms with van der Waals surface area (Å²) in [5, 5.41) is 0. The quantitative estimate of drug-likeness (QED) is 0.723. The van der Waals surface area contributed by atoms with E-state index in [0.29, 0.717) is 6.61 Å². The van der Waals surface area contributed by atoms with Crippen LogP contribution in [0.3, 0.4) is 0 Å². The molecule has 134 valence electrons. The number of fused-ring (bicyclic) bond motifs is 1. The third-order valence-corrected chi connectivity index (χ3v) is 5.45. The van der Waals surface area contributed by atoms with Crippen molar-refractivity contribution in [1.82, 2.24) is 0 Å². The van der Waals surface area contributed by atoms with Crippen LogP contribution in [0.25, 0.3) is 5.57 Å². The largest absolute Gasteiger partial charge is 0.451 e. The van der Waals surface area contributed by atoms with Crippen molar-refractivity contribution in [3.63, 3.8) is 0 Å². The van der Waals surface area contributed by atoms with Crippen molar-refractivity contribution in [2.24, 2.45) is 0 Å². The van der Waals surface area contributed by atoms with Gasteiger partial charge in [0.1, 0.15) is 5.60 Å². The van der Waals surface area contributed by atoms with Gasteiger partial charge in [-0.15, -0.1) is 0 Å². The summed E-state index contributed by atoms with van der Waals surface area (Å²) in [7, 11) is 0. The Hall–Kier alpha value is -2.39. The summed E-state index contributed by atoms with van der Waals surface area (Å²) >= 11 is 0. The molecular weight excluding hydrogens is 324 g/mol. The summed E-state index contributed by atoms with van der Waals surface area (Å²) in [5.41, 5.74) is 3.27. The maximum Gasteiger partial charge on any atom is 0.339 e. The van der Waals surface area contributed by atoms with E-state index in [1.54, 1.807) is 0 Å². The van der Waals surface area contributed by atoms with E-state index in [9.17, 15) is 4.79 Å². The van der Waals surface area contributed by atoms with Crippen LogP contribution in [0.4, 0.5) is 0 Å². The molecule has 0 spiro atoms. The van der Waals surface area contributed by atoms with Crippen LogP contribution in [-0.2, 0) is 19.9 Å². The Morgan fingerprint density at radius 3 is 2.42 bits per heavy atom. The van der Waals surface area contributed by atoms with Gasteiger partial charge in [-0.05, 0) is 29.5 Å². The first kappa shape index (κ1) is 17.0. The van der Waals surface area contributed by atoms with Gasteiger partial charge in [0.2, 0.25) is 0 Å². The lowest BCUT2D eigenvalue weighted by molar-refractivity contribution is -0.171. The smallest absolute Gasteiger partial charge is 0.339 e. The molecule has 2 aromatic carbocycles. The first-order chi connectivity index (χ1) is 12.8. The lowest BCUT2D eigenvalue weighted by Crippen LogP contribution is -2.47. The Labute approximate surface area is 154 Å². The van der Waals surface area contributed by atoms with Crippen molar-refractivity contribution in [3.05, 3.63) is 77.4 Å². The van der Waals surface area contributed by atoms with Crippen molar-refractivity contribution in [2.75, 3.05) is 6.61 Å². The van der Waals surface area contributed by atoms with E-state index in [2.05, 4.69) is 19.1 Å². The molecule has 0 amide bonds. The van der Waals surface area contributed by atoms with Crippen LogP contribution >= 0.6 is 0 Å².